The Morgan fingerprint density at radius 1 is 1.14 bits per heavy atom. The molecular formula is C16H21NO3S. The fourth-order valence-electron chi connectivity index (χ4n) is 2.11. The van der Waals surface area contributed by atoms with E-state index in [1.54, 1.807) is 25.6 Å². The smallest absolute Gasteiger partial charge is 0.161 e. The van der Waals surface area contributed by atoms with Crippen LogP contribution in [0.4, 0.5) is 0 Å². The third-order valence-corrected chi connectivity index (χ3v) is 4.15. The van der Waals surface area contributed by atoms with Crippen molar-refractivity contribution < 1.29 is 14.6 Å². The first-order valence-electron chi connectivity index (χ1n) is 6.81. The summed E-state index contributed by atoms with van der Waals surface area (Å²) >= 11 is 1.59. The highest BCUT2D eigenvalue weighted by Crippen LogP contribution is 2.30. The van der Waals surface area contributed by atoms with Crippen LogP contribution < -0.4 is 14.8 Å². The molecule has 0 saturated heterocycles. The molecule has 0 amide bonds. The first kappa shape index (κ1) is 15.8. The van der Waals surface area contributed by atoms with Gasteiger partial charge < -0.3 is 19.9 Å². The minimum atomic E-state index is -0.487. The van der Waals surface area contributed by atoms with Crippen LogP contribution in [-0.4, -0.2) is 25.9 Å². The van der Waals surface area contributed by atoms with Crippen molar-refractivity contribution in [3.05, 3.63) is 46.2 Å². The average Bonchev–Trinajstić information content (AvgIpc) is 3.06. The molecule has 1 aromatic heterocycles. The Labute approximate surface area is 129 Å². The van der Waals surface area contributed by atoms with Gasteiger partial charge >= 0.3 is 0 Å². The first-order valence-corrected chi connectivity index (χ1v) is 7.75. The fraction of sp³-hybridized carbons (Fsp3) is 0.375. The molecule has 1 aromatic carbocycles. The van der Waals surface area contributed by atoms with Crippen molar-refractivity contribution in [1.82, 2.24) is 5.32 Å². The van der Waals surface area contributed by atoms with Crippen LogP contribution >= 0.6 is 11.3 Å². The quantitative estimate of drug-likeness (QED) is 0.825. The second-order valence-electron chi connectivity index (χ2n) is 4.82. The third-order valence-electron chi connectivity index (χ3n) is 3.45. The minimum absolute atomic E-state index is 0.109. The van der Waals surface area contributed by atoms with E-state index in [0.717, 1.165) is 11.1 Å². The van der Waals surface area contributed by atoms with Crippen molar-refractivity contribution in [1.29, 1.82) is 0 Å². The van der Waals surface area contributed by atoms with Crippen LogP contribution in [0.1, 0.15) is 30.2 Å². The van der Waals surface area contributed by atoms with E-state index in [1.807, 2.05) is 35.0 Å². The molecule has 114 valence electrons. The third kappa shape index (κ3) is 3.97. The topological polar surface area (TPSA) is 50.7 Å². The second-order valence-corrected chi connectivity index (χ2v) is 5.60. The molecule has 0 aliphatic rings. The van der Waals surface area contributed by atoms with Crippen LogP contribution in [0, 0.1) is 0 Å². The van der Waals surface area contributed by atoms with E-state index in [0.29, 0.717) is 18.0 Å². The number of ether oxygens (including phenoxy) is 2. The van der Waals surface area contributed by atoms with Gasteiger partial charge in [-0.05, 0) is 47.0 Å². The predicted octanol–water partition coefficient (Wildman–Crippen LogP) is 3.15. The Bertz CT molecular complexity index is 557. The van der Waals surface area contributed by atoms with Gasteiger partial charge in [-0.3, -0.25) is 0 Å². The predicted molar refractivity (Wildman–Crippen MR) is 85.2 cm³/mol. The van der Waals surface area contributed by atoms with Gasteiger partial charge in [0, 0.05) is 12.6 Å². The Morgan fingerprint density at radius 2 is 1.90 bits per heavy atom. The summed E-state index contributed by atoms with van der Waals surface area (Å²) in [6, 6.07) is 7.89. The molecule has 4 nitrogen and oxygen atoms in total. The highest BCUT2D eigenvalue weighted by molar-refractivity contribution is 7.07. The van der Waals surface area contributed by atoms with Crippen LogP contribution in [0.25, 0.3) is 0 Å². The Morgan fingerprint density at radius 3 is 2.52 bits per heavy atom. The molecule has 0 spiro atoms. The van der Waals surface area contributed by atoms with E-state index in [-0.39, 0.29) is 6.04 Å². The monoisotopic (exact) mass is 307 g/mol. The summed E-state index contributed by atoms with van der Waals surface area (Å²) in [6.45, 7) is 2.56. The maximum absolute atomic E-state index is 10.1. The normalized spacial score (nSPS) is 13.7. The van der Waals surface area contributed by atoms with Crippen molar-refractivity contribution in [2.45, 2.75) is 19.1 Å². The average molecular weight is 307 g/mol. The number of hydrogen-bond donors (Lipinski definition) is 2. The lowest BCUT2D eigenvalue weighted by Crippen LogP contribution is -2.24. The Kier molecular flexibility index (Phi) is 5.61. The van der Waals surface area contributed by atoms with E-state index in [1.165, 1.54) is 0 Å². The summed E-state index contributed by atoms with van der Waals surface area (Å²) in [5.41, 5.74) is 2.04. The van der Waals surface area contributed by atoms with Crippen molar-refractivity contribution in [3.63, 3.8) is 0 Å². The maximum atomic E-state index is 10.1. The SMILES string of the molecule is COc1ccc(C(C)NCC(O)c2ccsc2)cc1OC. The summed E-state index contributed by atoms with van der Waals surface area (Å²) in [6.07, 6.45) is -0.487. The zero-order chi connectivity index (χ0) is 15.2. The molecule has 2 atom stereocenters. The second kappa shape index (κ2) is 7.45. The van der Waals surface area contributed by atoms with Gasteiger partial charge in [0.15, 0.2) is 11.5 Å². The molecule has 2 aromatic rings. The molecule has 0 saturated carbocycles. The van der Waals surface area contributed by atoms with Crippen molar-refractivity contribution in [3.8, 4) is 11.5 Å². The van der Waals surface area contributed by atoms with Gasteiger partial charge in [0.05, 0.1) is 20.3 Å². The lowest BCUT2D eigenvalue weighted by atomic mass is 10.1. The lowest BCUT2D eigenvalue weighted by Gasteiger charge is -2.18. The zero-order valence-electron chi connectivity index (χ0n) is 12.5. The number of thiophene rings is 1. The molecule has 21 heavy (non-hydrogen) atoms. The molecule has 2 N–H and O–H groups in total. The van der Waals surface area contributed by atoms with Crippen LogP contribution in [0.15, 0.2) is 35.0 Å². The fourth-order valence-corrected chi connectivity index (χ4v) is 2.82. The largest absolute Gasteiger partial charge is 0.493 e. The van der Waals surface area contributed by atoms with Gasteiger partial charge in [0.2, 0.25) is 0 Å². The molecule has 1 heterocycles. The molecule has 0 fully saturated rings. The van der Waals surface area contributed by atoms with Gasteiger partial charge in [-0.1, -0.05) is 6.07 Å². The lowest BCUT2D eigenvalue weighted by molar-refractivity contribution is 0.171. The number of aliphatic hydroxyl groups excluding tert-OH is 1. The molecule has 2 rings (SSSR count). The summed E-state index contributed by atoms with van der Waals surface area (Å²) < 4.78 is 10.5. The van der Waals surface area contributed by atoms with Crippen LogP contribution in [-0.2, 0) is 0 Å². The molecule has 2 unspecified atom stereocenters. The number of hydrogen-bond acceptors (Lipinski definition) is 5. The van der Waals surface area contributed by atoms with Crippen molar-refractivity contribution in [2.75, 3.05) is 20.8 Å². The highest BCUT2D eigenvalue weighted by Gasteiger charge is 2.13. The van der Waals surface area contributed by atoms with Gasteiger partial charge in [0.25, 0.3) is 0 Å². The number of nitrogens with one attached hydrogen (secondary N) is 1. The van der Waals surface area contributed by atoms with E-state index >= 15 is 0 Å². The minimum Gasteiger partial charge on any atom is -0.493 e. The zero-order valence-corrected chi connectivity index (χ0v) is 13.3. The van der Waals surface area contributed by atoms with Crippen molar-refractivity contribution in [2.24, 2.45) is 0 Å². The van der Waals surface area contributed by atoms with E-state index in [4.69, 9.17) is 9.47 Å². The van der Waals surface area contributed by atoms with Gasteiger partial charge in [-0.25, -0.2) is 0 Å². The standard InChI is InChI=1S/C16H21NO3S/c1-11(17-9-14(18)13-6-7-21-10-13)12-4-5-15(19-2)16(8-12)20-3/h4-8,10-11,14,17-18H,9H2,1-3H3. The molecule has 0 bridgehead atoms. The van der Waals surface area contributed by atoms with Crippen LogP contribution in [0.5, 0.6) is 11.5 Å². The summed E-state index contributed by atoms with van der Waals surface area (Å²) in [5.74, 6) is 1.42. The highest BCUT2D eigenvalue weighted by atomic mass is 32.1. The van der Waals surface area contributed by atoms with Crippen LogP contribution in [0.3, 0.4) is 0 Å². The van der Waals surface area contributed by atoms with Gasteiger partial charge in [-0.15, -0.1) is 0 Å². The van der Waals surface area contributed by atoms with Gasteiger partial charge in [-0.2, -0.15) is 11.3 Å². The number of benzene rings is 1. The molecule has 5 heteroatoms. The number of methoxy groups -OCH3 is 2. The van der Waals surface area contributed by atoms with Crippen LogP contribution in [0.2, 0.25) is 0 Å². The molecule has 0 aliphatic carbocycles. The molecule has 0 radical (unpaired) electrons. The Balaban J connectivity index is 1.98. The summed E-state index contributed by atoms with van der Waals surface area (Å²) in [5, 5.41) is 17.4. The van der Waals surface area contributed by atoms with Gasteiger partial charge in [0.1, 0.15) is 0 Å². The molecule has 0 aliphatic heterocycles. The van der Waals surface area contributed by atoms with Crippen molar-refractivity contribution >= 4 is 11.3 Å². The summed E-state index contributed by atoms with van der Waals surface area (Å²) in [4.78, 5) is 0. The van der Waals surface area contributed by atoms with E-state index in [9.17, 15) is 5.11 Å². The number of aliphatic hydroxyl groups is 1. The molecular weight excluding hydrogens is 286 g/mol. The number of rotatable bonds is 7. The maximum Gasteiger partial charge on any atom is 0.161 e. The first-order chi connectivity index (χ1) is 10.2. The van der Waals surface area contributed by atoms with E-state index in [2.05, 4.69) is 12.2 Å². The summed E-state index contributed by atoms with van der Waals surface area (Å²) in [7, 11) is 3.25. The van der Waals surface area contributed by atoms with E-state index < -0.39 is 6.10 Å². The Hall–Kier alpha value is -1.56.